The van der Waals surface area contributed by atoms with E-state index < -0.39 is 30.1 Å². The van der Waals surface area contributed by atoms with Crippen LogP contribution in [0.3, 0.4) is 0 Å². The first-order chi connectivity index (χ1) is 32.4. The molecule has 4 aliphatic heterocycles. The van der Waals surface area contributed by atoms with E-state index in [1.165, 1.54) is 20.3 Å². The van der Waals surface area contributed by atoms with Gasteiger partial charge in [-0.25, -0.2) is 23.9 Å². The second-order valence-electron chi connectivity index (χ2n) is 19.8. The number of benzene rings is 2. The number of likely N-dealkylation sites (tertiary alicyclic amines) is 2. The molecule has 16 nitrogen and oxygen atoms in total. The van der Waals surface area contributed by atoms with Gasteiger partial charge < -0.3 is 49.3 Å². The van der Waals surface area contributed by atoms with Gasteiger partial charge >= 0.3 is 12.2 Å². The smallest absolute Gasteiger partial charge is 0.407 e. The van der Waals surface area contributed by atoms with E-state index >= 15 is 4.39 Å². The Morgan fingerprint density at radius 2 is 1.13 bits per heavy atom. The molecular formula is C50H61FN8O8. The summed E-state index contributed by atoms with van der Waals surface area (Å²) < 4.78 is 38.0. The number of alkyl carbamates (subject to hydrolysis) is 2. The molecule has 6 fully saturated rings. The second-order valence-corrected chi connectivity index (χ2v) is 19.8. The van der Waals surface area contributed by atoms with Gasteiger partial charge in [-0.1, -0.05) is 30.3 Å². The molecule has 2 aromatic heterocycles. The number of hydrogen-bond acceptors (Lipinski definition) is 10. The van der Waals surface area contributed by atoms with Gasteiger partial charge in [-0.3, -0.25) is 9.59 Å². The van der Waals surface area contributed by atoms with Gasteiger partial charge in [0.2, 0.25) is 11.8 Å². The molecule has 356 valence electrons. The van der Waals surface area contributed by atoms with E-state index in [2.05, 4.69) is 25.6 Å². The Morgan fingerprint density at radius 3 is 1.61 bits per heavy atom. The summed E-state index contributed by atoms with van der Waals surface area (Å²) in [4.78, 5) is 73.9. The number of carbonyl (C=O) groups is 4. The predicted octanol–water partition coefficient (Wildman–Crippen LogP) is 7.74. The lowest BCUT2D eigenvalue weighted by Gasteiger charge is -2.38. The number of rotatable bonds is 11. The zero-order chi connectivity index (χ0) is 46.6. The molecule has 67 heavy (non-hydrogen) atoms. The van der Waals surface area contributed by atoms with Crippen LogP contribution in [0.5, 0.6) is 0 Å². The van der Waals surface area contributed by atoms with Crippen molar-refractivity contribution in [3.8, 4) is 33.6 Å². The highest BCUT2D eigenvalue weighted by Crippen LogP contribution is 2.51. The normalized spacial score (nSPS) is 26.8. The Bertz CT molecular complexity index is 2500. The molecule has 2 saturated carbocycles. The third-order valence-electron chi connectivity index (χ3n) is 15.5. The van der Waals surface area contributed by atoms with Crippen LogP contribution in [0.1, 0.15) is 115 Å². The van der Waals surface area contributed by atoms with Crippen LogP contribution in [0.25, 0.3) is 33.6 Å². The summed E-state index contributed by atoms with van der Waals surface area (Å²) in [6.45, 7) is 5.16. The van der Waals surface area contributed by atoms with Gasteiger partial charge in [0.15, 0.2) is 0 Å². The van der Waals surface area contributed by atoms with Crippen molar-refractivity contribution in [1.29, 1.82) is 0 Å². The number of aromatic nitrogens is 4. The lowest BCUT2D eigenvalue weighted by atomic mass is 9.86. The summed E-state index contributed by atoms with van der Waals surface area (Å²) in [5.41, 5.74) is 3.70. The molecule has 4 amide bonds. The van der Waals surface area contributed by atoms with Crippen molar-refractivity contribution >= 4 is 24.0 Å². The van der Waals surface area contributed by atoms with Crippen molar-refractivity contribution in [3.05, 3.63) is 72.3 Å². The summed E-state index contributed by atoms with van der Waals surface area (Å²) in [5, 5.41) is 5.74. The van der Waals surface area contributed by atoms with E-state index in [1.54, 1.807) is 18.5 Å². The van der Waals surface area contributed by atoms with Crippen LogP contribution in [0.4, 0.5) is 14.0 Å². The molecule has 8 atom stereocenters. The predicted molar refractivity (Wildman–Crippen MR) is 244 cm³/mol. The van der Waals surface area contributed by atoms with Gasteiger partial charge in [0, 0.05) is 30.9 Å². The van der Waals surface area contributed by atoms with Crippen LogP contribution < -0.4 is 10.6 Å². The fourth-order valence-corrected chi connectivity index (χ4v) is 11.4. The molecule has 2 aliphatic carbocycles. The Balaban J connectivity index is 0.816. The summed E-state index contributed by atoms with van der Waals surface area (Å²) in [6, 6.07) is 10.6. The minimum absolute atomic E-state index is 0.0466. The highest BCUT2D eigenvalue weighted by molar-refractivity contribution is 5.88. The lowest BCUT2D eigenvalue weighted by molar-refractivity contribution is -0.140. The summed E-state index contributed by atoms with van der Waals surface area (Å²) in [6.07, 6.45) is 11.7. The second kappa shape index (κ2) is 18.0. The fourth-order valence-electron chi connectivity index (χ4n) is 11.4. The molecule has 4 saturated heterocycles. The molecule has 0 bridgehead atoms. The number of methoxy groups -OCH3 is 2. The van der Waals surface area contributed by atoms with Crippen molar-refractivity contribution in [2.45, 2.75) is 138 Å². The van der Waals surface area contributed by atoms with Crippen LogP contribution in [-0.2, 0) is 28.5 Å². The van der Waals surface area contributed by atoms with Crippen molar-refractivity contribution in [2.75, 3.05) is 27.4 Å². The molecule has 6 heterocycles. The Kier molecular flexibility index (Phi) is 12.1. The maximum atomic E-state index is 16.0. The fraction of sp³-hybridized carbons (Fsp3) is 0.560. The molecule has 2 aromatic carbocycles. The zero-order valence-corrected chi connectivity index (χ0v) is 38.6. The van der Waals surface area contributed by atoms with Crippen LogP contribution in [0, 0.1) is 17.7 Å². The molecule has 6 aliphatic rings. The highest BCUT2D eigenvalue weighted by atomic mass is 19.1. The number of ether oxygens (including phenoxy) is 4. The van der Waals surface area contributed by atoms with Crippen LogP contribution in [-0.4, -0.2) is 117 Å². The van der Waals surface area contributed by atoms with E-state index in [0.29, 0.717) is 67.4 Å². The molecule has 10 rings (SSSR count). The molecule has 4 N–H and O–H groups in total. The number of aromatic amines is 2. The van der Waals surface area contributed by atoms with E-state index in [-0.39, 0.29) is 59.0 Å². The van der Waals surface area contributed by atoms with Crippen molar-refractivity contribution in [3.63, 3.8) is 0 Å². The van der Waals surface area contributed by atoms with Gasteiger partial charge in [0.1, 0.15) is 29.5 Å². The monoisotopic (exact) mass is 920 g/mol. The lowest BCUT2D eigenvalue weighted by Crippen LogP contribution is -2.55. The first-order valence-electron chi connectivity index (χ1n) is 24.0. The third-order valence-corrected chi connectivity index (χ3v) is 15.5. The van der Waals surface area contributed by atoms with Gasteiger partial charge in [-0.15, -0.1) is 0 Å². The summed E-state index contributed by atoms with van der Waals surface area (Å²) >= 11 is 0. The Hall–Kier alpha value is -5.81. The van der Waals surface area contributed by atoms with Gasteiger partial charge in [0.25, 0.3) is 0 Å². The summed E-state index contributed by atoms with van der Waals surface area (Å²) in [5.74, 6) is 0.384. The first kappa shape index (κ1) is 45.0. The van der Waals surface area contributed by atoms with Crippen molar-refractivity contribution in [1.82, 2.24) is 40.4 Å². The number of nitrogens with one attached hydrogen (secondary N) is 4. The molecule has 2 spiro atoms. The molecule has 4 unspecified atom stereocenters. The number of amides is 4. The number of imidazole rings is 2. The van der Waals surface area contributed by atoms with E-state index in [1.807, 2.05) is 54.0 Å². The quantitative estimate of drug-likeness (QED) is 0.116. The minimum atomic E-state index is -0.763. The molecule has 0 radical (unpaired) electrons. The van der Waals surface area contributed by atoms with Crippen molar-refractivity contribution < 1.29 is 42.5 Å². The number of nitrogens with zero attached hydrogens (tertiary/aromatic N) is 4. The topological polar surface area (TPSA) is 193 Å². The largest absolute Gasteiger partial charge is 0.453 e. The number of halogens is 1. The maximum Gasteiger partial charge on any atom is 0.407 e. The highest BCUT2D eigenvalue weighted by Gasteiger charge is 2.53. The SMILES string of the molecule is COC(=O)NC(C(=O)N1[C@@H](C)CC[C@H]1c1ncc(-c2ccc(-c3ccc(-c4cnc([C@@H]5CC[C@H](C)N5C(=O)C(NC(=O)OC)C5CCOC6(CC6)C5)[nH]4)c(F)c3)cc2)[nH]1)C1CCOC2(CC2)C1. The van der Waals surface area contributed by atoms with Crippen LogP contribution >= 0.6 is 0 Å². The van der Waals surface area contributed by atoms with Crippen molar-refractivity contribution in [2.24, 2.45) is 11.8 Å². The molecule has 17 heteroatoms. The zero-order valence-electron chi connectivity index (χ0n) is 38.6. The third kappa shape index (κ3) is 8.92. The standard InChI is InChI=1S/C50H61FN8O8/c1-28-5-13-39(58(28)45(60)41(56-47(62)64-3)33-15-21-66-49(24-33)17-18-49)43-52-26-37(54-43)31-9-7-30(8-10-31)32-11-12-35(36(51)23-32)38-27-53-44(55-38)40-14-6-29(2)59(40)46(61)42(57-48(63)65-4)34-16-22-67-50(25-34)19-20-50/h7-12,23,26-29,33-34,39-42H,5-6,13-22,24-25H2,1-4H3,(H,52,54)(H,53,55)(H,56,62)(H,57,63)/t28-,29-,33?,34?,39-,40-,41?,42?/m0/s1. The van der Waals surface area contributed by atoms with E-state index in [0.717, 1.165) is 68.2 Å². The number of H-pyrrole nitrogens is 2. The van der Waals surface area contributed by atoms with Crippen LogP contribution in [0.15, 0.2) is 54.9 Å². The summed E-state index contributed by atoms with van der Waals surface area (Å²) in [7, 11) is 2.61. The van der Waals surface area contributed by atoms with E-state index in [9.17, 15) is 19.2 Å². The maximum absolute atomic E-state index is 16.0. The van der Waals surface area contributed by atoms with Gasteiger partial charge in [0.05, 0.1) is 61.3 Å². The average molecular weight is 921 g/mol. The molecular weight excluding hydrogens is 860 g/mol. The average Bonchev–Trinajstić information content (AvgIpc) is 3.87. The first-order valence-corrected chi connectivity index (χ1v) is 24.0. The molecule has 4 aromatic rings. The minimum Gasteiger partial charge on any atom is -0.453 e. The van der Waals surface area contributed by atoms with Gasteiger partial charge in [-0.05, 0) is 132 Å². The van der Waals surface area contributed by atoms with Gasteiger partial charge in [-0.2, -0.15) is 0 Å². The number of carbonyl (C=O) groups excluding carboxylic acids is 4. The van der Waals surface area contributed by atoms with Crippen LogP contribution in [0.2, 0.25) is 0 Å². The Morgan fingerprint density at radius 1 is 0.672 bits per heavy atom. The number of hydrogen-bond donors (Lipinski definition) is 4. The Labute approximate surface area is 389 Å². The van der Waals surface area contributed by atoms with E-state index in [4.69, 9.17) is 23.9 Å².